The van der Waals surface area contributed by atoms with Crippen molar-refractivity contribution in [2.75, 3.05) is 0 Å². The van der Waals surface area contributed by atoms with Gasteiger partial charge in [-0.3, -0.25) is 10.1 Å². The fourth-order valence-electron chi connectivity index (χ4n) is 1.16. The van der Waals surface area contributed by atoms with Crippen molar-refractivity contribution in [3.8, 4) is 6.07 Å². The van der Waals surface area contributed by atoms with Gasteiger partial charge >= 0.3 is 5.69 Å². The minimum Gasteiger partial charge on any atom is -0.258 e. The molecule has 0 saturated carbocycles. The predicted molar refractivity (Wildman–Crippen MR) is 51.9 cm³/mol. The Morgan fingerprint density at radius 2 is 2.11 bits per heavy atom. The molecule has 1 rings (SSSR count). The number of primary sulfonamides is 1. The molecule has 1 aromatic rings. The lowest BCUT2D eigenvalue weighted by Crippen LogP contribution is -2.17. The summed E-state index contributed by atoms with van der Waals surface area (Å²) in [4.78, 5) is 12.4. The van der Waals surface area contributed by atoms with Gasteiger partial charge in [0.1, 0.15) is 11.6 Å². The summed E-state index contributed by atoms with van der Waals surface area (Å²) in [5, 5.41) is 22.7. The summed E-state index contributed by atoms with van der Waals surface area (Å²) in [7, 11) is -4.60. The van der Waals surface area contributed by atoms with Gasteiger partial charge in [0.25, 0.3) is 16.4 Å². The number of hydrogen-bond acceptors (Lipinski definition) is 6. The standard InChI is InChI=1S/C7H4F2N4O4S/c8-6(9)4-2-12-7(18(11,16)17)5(13(14)15)3(4)1-10/h2,6H,(H2,11,16,17). The van der Waals surface area contributed by atoms with Crippen LogP contribution in [-0.4, -0.2) is 18.3 Å². The fraction of sp³-hybridized carbons (Fsp3) is 0.143. The highest BCUT2D eigenvalue weighted by Crippen LogP contribution is 2.32. The molecule has 96 valence electrons. The van der Waals surface area contributed by atoms with Gasteiger partial charge in [-0.05, 0) is 0 Å². The van der Waals surface area contributed by atoms with Gasteiger partial charge in [-0.15, -0.1) is 0 Å². The summed E-state index contributed by atoms with van der Waals surface area (Å²) in [6.07, 6.45) is -2.84. The van der Waals surface area contributed by atoms with Crippen LogP contribution in [-0.2, 0) is 10.0 Å². The maximum absolute atomic E-state index is 12.5. The van der Waals surface area contributed by atoms with E-state index in [-0.39, 0.29) is 0 Å². The van der Waals surface area contributed by atoms with Crippen LogP contribution in [0, 0.1) is 21.4 Å². The Morgan fingerprint density at radius 3 is 2.44 bits per heavy atom. The van der Waals surface area contributed by atoms with E-state index in [0.717, 1.165) is 6.07 Å². The van der Waals surface area contributed by atoms with Crippen LogP contribution in [0.2, 0.25) is 0 Å². The quantitative estimate of drug-likeness (QED) is 0.628. The molecule has 0 fully saturated rings. The molecule has 0 radical (unpaired) electrons. The van der Waals surface area contributed by atoms with Gasteiger partial charge in [-0.25, -0.2) is 27.3 Å². The van der Waals surface area contributed by atoms with E-state index in [0.29, 0.717) is 6.20 Å². The Bertz CT molecular complexity index is 652. The minimum atomic E-state index is -4.60. The zero-order chi connectivity index (χ0) is 14.1. The normalized spacial score (nSPS) is 11.3. The summed E-state index contributed by atoms with van der Waals surface area (Å²) in [6.45, 7) is 0. The number of nitro groups is 1. The molecule has 8 nitrogen and oxygen atoms in total. The third kappa shape index (κ3) is 2.39. The summed E-state index contributed by atoms with van der Waals surface area (Å²) in [5.41, 5.74) is -3.46. The van der Waals surface area contributed by atoms with Gasteiger partial charge in [-0.1, -0.05) is 0 Å². The highest BCUT2D eigenvalue weighted by Gasteiger charge is 2.33. The van der Waals surface area contributed by atoms with Gasteiger partial charge in [0.2, 0.25) is 5.03 Å². The summed E-state index contributed by atoms with van der Waals surface area (Å²) in [6, 6.07) is 1.16. The minimum absolute atomic E-state index is 0.371. The average molecular weight is 278 g/mol. The van der Waals surface area contributed by atoms with E-state index in [1.165, 1.54) is 0 Å². The number of alkyl halides is 2. The number of sulfonamides is 1. The number of rotatable bonds is 3. The maximum atomic E-state index is 12.5. The predicted octanol–water partition coefficient (Wildman–Crippen LogP) is 0.446. The highest BCUT2D eigenvalue weighted by atomic mass is 32.2. The number of nitrogens with zero attached hydrogens (tertiary/aromatic N) is 3. The number of aromatic nitrogens is 1. The molecule has 0 saturated heterocycles. The van der Waals surface area contributed by atoms with Crippen molar-refractivity contribution in [2.24, 2.45) is 5.14 Å². The molecule has 2 N–H and O–H groups in total. The zero-order valence-electron chi connectivity index (χ0n) is 8.37. The first-order valence-electron chi connectivity index (χ1n) is 4.08. The molecule has 11 heteroatoms. The van der Waals surface area contributed by atoms with Crippen molar-refractivity contribution in [3.05, 3.63) is 27.4 Å². The largest absolute Gasteiger partial charge is 0.326 e. The molecule has 0 bridgehead atoms. The van der Waals surface area contributed by atoms with Gasteiger partial charge in [0.15, 0.2) is 0 Å². The zero-order valence-corrected chi connectivity index (χ0v) is 9.19. The maximum Gasteiger partial charge on any atom is 0.326 e. The van der Waals surface area contributed by atoms with Crippen LogP contribution in [0.1, 0.15) is 17.6 Å². The molecular weight excluding hydrogens is 274 g/mol. The monoisotopic (exact) mass is 278 g/mol. The fourth-order valence-corrected chi connectivity index (χ4v) is 1.80. The van der Waals surface area contributed by atoms with Gasteiger partial charge in [0, 0.05) is 6.20 Å². The third-order valence-corrected chi connectivity index (χ3v) is 2.69. The number of pyridine rings is 1. The summed E-state index contributed by atoms with van der Waals surface area (Å²) < 4.78 is 47.0. The third-order valence-electron chi connectivity index (χ3n) is 1.85. The van der Waals surface area contributed by atoms with E-state index in [1.807, 2.05) is 0 Å². The Morgan fingerprint density at radius 1 is 1.56 bits per heavy atom. The molecule has 0 spiro atoms. The lowest BCUT2D eigenvalue weighted by molar-refractivity contribution is -0.388. The lowest BCUT2D eigenvalue weighted by atomic mass is 10.1. The Hall–Kier alpha value is -2.19. The van der Waals surface area contributed by atoms with Crippen LogP contribution in [0.15, 0.2) is 11.2 Å². The lowest BCUT2D eigenvalue weighted by Gasteiger charge is -2.05. The molecular formula is C7H4F2N4O4S. The molecule has 0 atom stereocenters. The molecule has 18 heavy (non-hydrogen) atoms. The highest BCUT2D eigenvalue weighted by molar-refractivity contribution is 7.89. The molecule has 0 aliphatic heterocycles. The van der Waals surface area contributed by atoms with E-state index in [9.17, 15) is 27.3 Å². The van der Waals surface area contributed by atoms with Crippen LogP contribution in [0.3, 0.4) is 0 Å². The van der Waals surface area contributed by atoms with E-state index < -0.39 is 43.2 Å². The van der Waals surface area contributed by atoms with Crippen molar-refractivity contribution < 1.29 is 22.1 Å². The van der Waals surface area contributed by atoms with Gasteiger partial charge in [-0.2, -0.15) is 5.26 Å². The Kier molecular flexibility index (Phi) is 3.54. The van der Waals surface area contributed by atoms with Crippen LogP contribution in [0.5, 0.6) is 0 Å². The van der Waals surface area contributed by atoms with Crippen molar-refractivity contribution in [1.82, 2.24) is 4.98 Å². The van der Waals surface area contributed by atoms with Crippen molar-refractivity contribution in [3.63, 3.8) is 0 Å². The molecule has 0 amide bonds. The molecule has 0 aromatic carbocycles. The van der Waals surface area contributed by atoms with Crippen molar-refractivity contribution >= 4 is 15.7 Å². The first-order valence-corrected chi connectivity index (χ1v) is 5.63. The number of nitrogens with two attached hydrogens (primary N) is 1. The van der Waals surface area contributed by atoms with Crippen LogP contribution < -0.4 is 5.14 Å². The SMILES string of the molecule is N#Cc1c(C(F)F)cnc(S(N)(=O)=O)c1[N+](=O)[O-]. The topological polar surface area (TPSA) is 140 Å². The van der Waals surface area contributed by atoms with Crippen molar-refractivity contribution in [2.45, 2.75) is 11.5 Å². The second kappa shape index (κ2) is 4.59. The number of halogens is 2. The second-order valence-electron chi connectivity index (χ2n) is 2.96. The van der Waals surface area contributed by atoms with Gasteiger partial charge < -0.3 is 0 Å². The number of hydrogen-bond donors (Lipinski definition) is 1. The van der Waals surface area contributed by atoms with E-state index in [4.69, 9.17) is 5.26 Å². The van der Waals surface area contributed by atoms with Gasteiger partial charge in [0.05, 0.1) is 10.5 Å². The van der Waals surface area contributed by atoms with Crippen LogP contribution >= 0.6 is 0 Å². The molecule has 0 aliphatic rings. The molecule has 0 aliphatic carbocycles. The molecule has 0 unspecified atom stereocenters. The first kappa shape index (κ1) is 13.9. The smallest absolute Gasteiger partial charge is 0.258 e. The van der Waals surface area contributed by atoms with E-state index in [1.54, 1.807) is 0 Å². The van der Waals surface area contributed by atoms with E-state index >= 15 is 0 Å². The number of nitriles is 1. The first-order chi connectivity index (χ1) is 8.20. The second-order valence-corrected chi connectivity index (χ2v) is 4.43. The Labute approximate surface area is 98.9 Å². The Balaban J connectivity index is 3.83. The molecule has 1 aromatic heterocycles. The van der Waals surface area contributed by atoms with Crippen LogP contribution in [0.4, 0.5) is 14.5 Å². The molecule has 1 heterocycles. The summed E-state index contributed by atoms with van der Waals surface area (Å²) >= 11 is 0. The van der Waals surface area contributed by atoms with Crippen molar-refractivity contribution in [1.29, 1.82) is 5.26 Å². The average Bonchev–Trinajstić information content (AvgIpc) is 2.25. The van der Waals surface area contributed by atoms with E-state index in [2.05, 4.69) is 10.1 Å². The van der Waals surface area contributed by atoms with Crippen LogP contribution in [0.25, 0.3) is 0 Å². The summed E-state index contributed by atoms with van der Waals surface area (Å²) in [5.74, 6) is 0.